The maximum atomic E-state index is 5.43. The van der Waals surface area contributed by atoms with Gasteiger partial charge < -0.3 is 14.6 Å². The van der Waals surface area contributed by atoms with E-state index in [1.54, 1.807) is 0 Å². The predicted octanol–water partition coefficient (Wildman–Crippen LogP) is 2.27. The van der Waals surface area contributed by atoms with Gasteiger partial charge in [0.2, 0.25) is 5.89 Å². The zero-order valence-corrected chi connectivity index (χ0v) is 11.4. The summed E-state index contributed by atoms with van der Waals surface area (Å²) in [4.78, 5) is 4.40. The van der Waals surface area contributed by atoms with Crippen molar-refractivity contribution in [3.8, 4) is 0 Å². The number of aromatic nitrogens is 2. The van der Waals surface area contributed by atoms with E-state index in [4.69, 9.17) is 9.26 Å². The Morgan fingerprint density at radius 3 is 2.59 bits per heavy atom. The standard InChI is InChI=1S/C12H23N3O2/c1-6-10(13-5)8(3)12-14-11(15-17-12)9(4)16-7-2/h8-10,13H,6-7H2,1-5H3. The third-order valence-corrected chi connectivity index (χ3v) is 3.04. The lowest BCUT2D eigenvalue weighted by molar-refractivity contribution is 0.0683. The topological polar surface area (TPSA) is 60.2 Å². The zero-order chi connectivity index (χ0) is 12.8. The molecule has 0 radical (unpaired) electrons. The van der Waals surface area contributed by atoms with Crippen molar-refractivity contribution in [3.05, 3.63) is 11.7 Å². The fraction of sp³-hybridized carbons (Fsp3) is 0.833. The van der Waals surface area contributed by atoms with Crippen LogP contribution in [0.15, 0.2) is 4.52 Å². The van der Waals surface area contributed by atoms with Crippen LogP contribution < -0.4 is 5.32 Å². The molecule has 0 spiro atoms. The fourth-order valence-electron chi connectivity index (χ4n) is 1.90. The van der Waals surface area contributed by atoms with Crippen molar-refractivity contribution >= 4 is 0 Å². The van der Waals surface area contributed by atoms with Gasteiger partial charge in [-0.25, -0.2) is 0 Å². The first-order chi connectivity index (χ1) is 8.13. The van der Waals surface area contributed by atoms with Gasteiger partial charge in [-0.2, -0.15) is 4.98 Å². The van der Waals surface area contributed by atoms with Crippen LogP contribution in [0.3, 0.4) is 0 Å². The second-order valence-corrected chi connectivity index (χ2v) is 4.18. The van der Waals surface area contributed by atoms with E-state index in [1.165, 1.54) is 0 Å². The predicted molar refractivity (Wildman–Crippen MR) is 65.9 cm³/mol. The quantitative estimate of drug-likeness (QED) is 0.793. The maximum Gasteiger partial charge on any atom is 0.231 e. The average Bonchev–Trinajstić information content (AvgIpc) is 2.80. The van der Waals surface area contributed by atoms with Gasteiger partial charge >= 0.3 is 0 Å². The van der Waals surface area contributed by atoms with Gasteiger partial charge in [0.15, 0.2) is 5.82 Å². The minimum atomic E-state index is -0.112. The third kappa shape index (κ3) is 3.51. The molecule has 1 heterocycles. The van der Waals surface area contributed by atoms with Gasteiger partial charge in [0.25, 0.3) is 0 Å². The van der Waals surface area contributed by atoms with Crippen LogP contribution in [0.1, 0.15) is 57.9 Å². The van der Waals surface area contributed by atoms with Crippen LogP contribution in [-0.2, 0) is 4.74 Å². The fourth-order valence-corrected chi connectivity index (χ4v) is 1.90. The van der Waals surface area contributed by atoms with E-state index < -0.39 is 0 Å². The normalized spacial score (nSPS) is 16.8. The van der Waals surface area contributed by atoms with Crippen molar-refractivity contribution in [2.45, 2.75) is 52.2 Å². The molecule has 0 amide bonds. The second-order valence-electron chi connectivity index (χ2n) is 4.18. The summed E-state index contributed by atoms with van der Waals surface area (Å²) in [5.74, 6) is 1.51. The number of likely N-dealkylation sites (N-methyl/N-ethyl adjacent to an activating group) is 1. The number of nitrogens with one attached hydrogen (secondary N) is 1. The Bertz CT molecular complexity index is 323. The summed E-state index contributed by atoms with van der Waals surface area (Å²) in [6.07, 6.45) is 0.912. The summed E-state index contributed by atoms with van der Waals surface area (Å²) in [6, 6.07) is 0.352. The molecule has 0 aliphatic carbocycles. The zero-order valence-electron chi connectivity index (χ0n) is 11.4. The lowest BCUT2D eigenvalue weighted by atomic mass is 10.00. The third-order valence-electron chi connectivity index (χ3n) is 3.04. The van der Waals surface area contributed by atoms with Gasteiger partial charge in [-0.05, 0) is 27.3 Å². The summed E-state index contributed by atoms with van der Waals surface area (Å²) >= 11 is 0. The molecule has 0 aliphatic rings. The van der Waals surface area contributed by atoms with Gasteiger partial charge in [-0.1, -0.05) is 19.0 Å². The van der Waals surface area contributed by atoms with Gasteiger partial charge in [-0.15, -0.1) is 0 Å². The monoisotopic (exact) mass is 241 g/mol. The number of ether oxygens (including phenoxy) is 1. The number of rotatable bonds is 7. The average molecular weight is 241 g/mol. The Balaban J connectivity index is 2.73. The molecule has 0 fully saturated rings. The van der Waals surface area contributed by atoms with E-state index in [0.29, 0.717) is 24.4 Å². The summed E-state index contributed by atoms with van der Waals surface area (Å²) in [5.41, 5.74) is 0. The molecule has 3 unspecified atom stereocenters. The van der Waals surface area contributed by atoms with Crippen LogP contribution in [0.5, 0.6) is 0 Å². The van der Waals surface area contributed by atoms with Crippen molar-refractivity contribution in [2.75, 3.05) is 13.7 Å². The molecule has 0 saturated carbocycles. The molecule has 5 nitrogen and oxygen atoms in total. The van der Waals surface area contributed by atoms with E-state index in [9.17, 15) is 0 Å². The Labute approximate surface area is 103 Å². The van der Waals surface area contributed by atoms with Crippen LogP contribution in [0, 0.1) is 0 Å². The molecule has 3 atom stereocenters. The van der Waals surface area contributed by atoms with Gasteiger partial charge in [0.05, 0.1) is 5.92 Å². The molecule has 1 aromatic heterocycles. The van der Waals surface area contributed by atoms with Gasteiger partial charge in [0, 0.05) is 12.6 Å². The van der Waals surface area contributed by atoms with Crippen LogP contribution in [0.4, 0.5) is 0 Å². The summed E-state index contributed by atoms with van der Waals surface area (Å²) in [7, 11) is 1.95. The molecular weight excluding hydrogens is 218 g/mol. The minimum absolute atomic E-state index is 0.112. The van der Waals surface area contributed by atoms with Crippen molar-refractivity contribution in [1.82, 2.24) is 15.5 Å². The molecule has 98 valence electrons. The second kappa shape index (κ2) is 6.71. The van der Waals surface area contributed by atoms with Crippen molar-refractivity contribution < 1.29 is 9.26 Å². The Morgan fingerprint density at radius 2 is 2.06 bits per heavy atom. The van der Waals surface area contributed by atoms with E-state index in [0.717, 1.165) is 6.42 Å². The van der Waals surface area contributed by atoms with Gasteiger partial charge in [0.1, 0.15) is 6.10 Å². The highest BCUT2D eigenvalue weighted by molar-refractivity contribution is 4.98. The van der Waals surface area contributed by atoms with E-state index in [-0.39, 0.29) is 12.0 Å². The highest BCUT2D eigenvalue weighted by Crippen LogP contribution is 2.21. The summed E-state index contributed by atoms with van der Waals surface area (Å²) in [6.45, 7) is 8.76. The van der Waals surface area contributed by atoms with Crippen LogP contribution >= 0.6 is 0 Å². The molecule has 0 saturated heterocycles. The van der Waals surface area contributed by atoms with E-state index in [2.05, 4.69) is 29.3 Å². The van der Waals surface area contributed by atoms with Crippen LogP contribution in [0.2, 0.25) is 0 Å². The maximum absolute atomic E-state index is 5.43. The molecule has 1 aromatic rings. The Kier molecular flexibility index (Phi) is 5.58. The smallest absolute Gasteiger partial charge is 0.231 e. The lowest BCUT2D eigenvalue weighted by Gasteiger charge is -2.18. The minimum Gasteiger partial charge on any atom is -0.371 e. The van der Waals surface area contributed by atoms with E-state index in [1.807, 2.05) is 20.9 Å². The largest absolute Gasteiger partial charge is 0.371 e. The Morgan fingerprint density at radius 1 is 1.35 bits per heavy atom. The number of nitrogens with zero attached hydrogens (tertiary/aromatic N) is 2. The molecule has 0 bridgehead atoms. The lowest BCUT2D eigenvalue weighted by Crippen LogP contribution is -2.30. The first-order valence-electron chi connectivity index (χ1n) is 6.26. The highest BCUT2D eigenvalue weighted by atomic mass is 16.5. The molecule has 0 aliphatic heterocycles. The number of hydrogen-bond donors (Lipinski definition) is 1. The SMILES string of the molecule is CCOC(C)c1noc(C(C)C(CC)NC)n1. The van der Waals surface area contributed by atoms with E-state index >= 15 is 0 Å². The van der Waals surface area contributed by atoms with Crippen molar-refractivity contribution in [2.24, 2.45) is 0 Å². The van der Waals surface area contributed by atoms with Gasteiger partial charge in [-0.3, -0.25) is 0 Å². The van der Waals surface area contributed by atoms with Crippen LogP contribution in [-0.4, -0.2) is 29.8 Å². The Hall–Kier alpha value is -0.940. The number of hydrogen-bond acceptors (Lipinski definition) is 5. The van der Waals surface area contributed by atoms with Crippen molar-refractivity contribution in [3.63, 3.8) is 0 Å². The highest BCUT2D eigenvalue weighted by Gasteiger charge is 2.23. The molecule has 17 heavy (non-hydrogen) atoms. The molecule has 0 aromatic carbocycles. The first-order valence-corrected chi connectivity index (χ1v) is 6.26. The molecule has 1 rings (SSSR count). The molecular formula is C12H23N3O2. The summed E-state index contributed by atoms with van der Waals surface area (Å²) in [5, 5.41) is 7.22. The summed E-state index contributed by atoms with van der Waals surface area (Å²) < 4.78 is 10.7. The first kappa shape index (κ1) is 14.1. The van der Waals surface area contributed by atoms with Crippen LogP contribution in [0.25, 0.3) is 0 Å². The van der Waals surface area contributed by atoms with Crippen molar-refractivity contribution in [1.29, 1.82) is 0 Å². The molecule has 5 heteroatoms. The molecule has 1 N–H and O–H groups in total.